The van der Waals surface area contributed by atoms with E-state index in [1.807, 2.05) is 19.0 Å². The van der Waals surface area contributed by atoms with Gasteiger partial charge >= 0.3 is 11.9 Å². The van der Waals surface area contributed by atoms with Crippen LogP contribution in [0.3, 0.4) is 0 Å². The van der Waals surface area contributed by atoms with Crippen LogP contribution in [-0.2, 0) is 23.9 Å². The molecular formula is C55H100N2O5. The molecule has 0 rings (SSSR count). The normalized spacial score (nSPS) is 12.6. The molecule has 1 amide bonds. The number of rotatable bonds is 45. The van der Waals surface area contributed by atoms with Crippen LogP contribution in [0, 0.1) is 5.92 Å². The highest BCUT2D eigenvalue weighted by Crippen LogP contribution is 2.21. The summed E-state index contributed by atoms with van der Waals surface area (Å²) in [7, 11) is 4.08. The predicted octanol–water partition coefficient (Wildman–Crippen LogP) is 15.2. The van der Waals surface area contributed by atoms with Gasteiger partial charge in [-0.15, -0.1) is 0 Å². The molecule has 0 spiro atoms. The van der Waals surface area contributed by atoms with Gasteiger partial charge in [-0.1, -0.05) is 173 Å². The van der Waals surface area contributed by atoms with E-state index in [1.165, 1.54) is 83.5 Å². The Bertz CT molecular complexity index is 1080. The number of hydrogen-bond donors (Lipinski definition) is 0. The van der Waals surface area contributed by atoms with Crippen LogP contribution >= 0.6 is 0 Å². The molecule has 0 heterocycles. The summed E-state index contributed by atoms with van der Waals surface area (Å²) in [6.45, 7) is 10.3. The van der Waals surface area contributed by atoms with Crippen molar-refractivity contribution in [2.45, 2.75) is 239 Å². The van der Waals surface area contributed by atoms with Crippen LogP contribution < -0.4 is 0 Å². The van der Waals surface area contributed by atoms with E-state index >= 15 is 0 Å². The summed E-state index contributed by atoms with van der Waals surface area (Å²) in [6.07, 6.45) is 52.1. The second-order valence-electron chi connectivity index (χ2n) is 18.0. The van der Waals surface area contributed by atoms with Crippen LogP contribution in [-0.4, -0.2) is 74.1 Å². The SMILES string of the molecule is CCCCC/C=C\C/C=C\CCCCCCCC(=O)OCC(COC(=O)CCCCCCC/C=C\C/C=C\CCCCC)N(CCCN(C)C)C(=O)C(CC)CCCCCCC. The minimum Gasteiger partial charge on any atom is -0.463 e. The van der Waals surface area contributed by atoms with E-state index in [4.69, 9.17) is 9.47 Å². The van der Waals surface area contributed by atoms with E-state index < -0.39 is 6.04 Å². The van der Waals surface area contributed by atoms with Crippen molar-refractivity contribution < 1.29 is 23.9 Å². The third-order valence-electron chi connectivity index (χ3n) is 11.8. The molecule has 0 N–H and O–H groups in total. The standard InChI is InChI=1S/C55H100N2O5/c1-7-11-14-17-19-21-23-25-27-29-31-33-35-38-41-45-53(58)61-49-52(57(48-43-47-56(5)6)55(60)51(10-4)44-40-37-16-13-9-3)50-62-54(59)46-42-39-36-34-32-30-28-26-24-22-20-18-15-12-8-2/h19-22,25-28,51-52H,7-18,23-24,29-50H2,1-6H3/b21-19-,22-20-,27-25-,28-26-. The van der Waals surface area contributed by atoms with Gasteiger partial charge in [-0.05, 0) is 117 Å². The maximum Gasteiger partial charge on any atom is 0.305 e. The summed E-state index contributed by atoms with van der Waals surface area (Å²) in [4.78, 5) is 44.4. The third kappa shape index (κ3) is 39.0. The molecule has 1 unspecified atom stereocenters. The summed E-state index contributed by atoms with van der Waals surface area (Å²) in [6, 6.07) is -0.499. The van der Waals surface area contributed by atoms with Crippen molar-refractivity contribution in [2.75, 3.05) is 40.4 Å². The van der Waals surface area contributed by atoms with Crippen LogP contribution in [0.4, 0.5) is 0 Å². The van der Waals surface area contributed by atoms with Gasteiger partial charge in [-0.25, -0.2) is 0 Å². The fraction of sp³-hybridized carbons (Fsp3) is 0.800. The zero-order chi connectivity index (χ0) is 45.6. The molecule has 0 saturated carbocycles. The van der Waals surface area contributed by atoms with E-state index in [2.05, 4.69) is 81.2 Å². The Morgan fingerprint density at radius 2 is 0.839 bits per heavy atom. The fourth-order valence-electron chi connectivity index (χ4n) is 7.67. The highest BCUT2D eigenvalue weighted by atomic mass is 16.5. The van der Waals surface area contributed by atoms with Crippen molar-refractivity contribution in [1.29, 1.82) is 0 Å². The highest BCUT2D eigenvalue weighted by Gasteiger charge is 2.30. The van der Waals surface area contributed by atoms with Crippen LogP contribution in [0.15, 0.2) is 48.6 Å². The molecule has 62 heavy (non-hydrogen) atoms. The van der Waals surface area contributed by atoms with Crippen LogP contribution in [0.2, 0.25) is 0 Å². The molecule has 0 aromatic carbocycles. The molecule has 0 bridgehead atoms. The van der Waals surface area contributed by atoms with E-state index in [0.717, 1.165) is 116 Å². The minimum atomic E-state index is -0.499. The van der Waals surface area contributed by atoms with Gasteiger partial charge in [0.1, 0.15) is 13.2 Å². The van der Waals surface area contributed by atoms with Crippen LogP contribution in [0.25, 0.3) is 0 Å². The molecule has 0 aliphatic carbocycles. The molecule has 0 radical (unpaired) electrons. The minimum absolute atomic E-state index is 0.0523. The zero-order valence-corrected chi connectivity index (χ0v) is 41.7. The maximum absolute atomic E-state index is 14.3. The number of nitrogens with zero attached hydrogens (tertiary/aromatic N) is 2. The Morgan fingerprint density at radius 3 is 1.27 bits per heavy atom. The first-order chi connectivity index (χ1) is 30.3. The first-order valence-electron chi connectivity index (χ1n) is 26.2. The average Bonchev–Trinajstić information content (AvgIpc) is 3.26. The predicted molar refractivity (Wildman–Crippen MR) is 266 cm³/mol. The summed E-state index contributed by atoms with van der Waals surface area (Å²) in [5.74, 6) is -0.465. The quantitative estimate of drug-likeness (QED) is 0.0345. The molecule has 0 aromatic heterocycles. The molecule has 0 aliphatic rings. The number of ether oxygens (including phenoxy) is 2. The fourth-order valence-corrected chi connectivity index (χ4v) is 7.67. The molecule has 1 atom stereocenters. The van der Waals surface area contributed by atoms with Gasteiger partial charge in [-0.2, -0.15) is 0 Å². The molecule has 360 valence electrons. The maximum atomic E-state index is 14.3. The van der Waals surface area contributed by atoms with Gasteiger partial charge in [0.25, 0.3) is 0 Å². The van der Waals surface area contributed by atoms with E-state index in [0.29, 0.717) is 19.4 Å². The Morgan fingerprint density at radius 1 is 0.452 bits per heavy atom. The monoisotopic (exact) mass is 869 g/mol. The highest BCUT2D eigenvalue weighted by molar-refractivity contribution is 5.79. The van der Waals surface area contributed by atoms with Gasteiger partial charge in [0.15, 0.2) is 0 Å². The number of unbranched alkanes of at least 4 members (excludes halogenated alkanes) is 20. The average molecular weight is 869 g/mol. The van der Waals surface area contributed by atoms with Gasteiger partial charge in [0.05, 0.1) is 6.04 Å². The van der Waals surface area contributed by atoms with Crippen molar-refractivity contribution in [2.24, 2.45) is 5.92 Å². The number of carbonyl (C=O) groups is 3. The second-order valence-corrected chi connectivity index (χ2v) is 18.0. The first-order valence-corrected chi connectivity index (χ1v) is 26.2. The molecule has 0 fully saturated rings. The van der Waals surface area contributed by atoms with Crippen molar-refractivity contribution >= 4 is 17.8 Å². The number of hydrogen-bond acceptors (Lipinski definition) is 6. The lowest BCUT2D eigenvalue weighted by atomic mass is 9.95. The summed E-state index contributed by atoms with van der Waals surface area (Å²) < 4.78 is 11.8. The van der Waals surface area contributed by atoms with Crippen molar-refractivity contribution in [3.63, 3.8) is 0 Å². The zero-order valence-electron chi connectivity index (χ0n) is 41.7. The van der Waals surface area contributed by atoms with Gasteiger partial charge in [0.2, 0.25) is 5.91 Å². The lowest BCUT2D eigenvalue weighted by Gasteiger charge is -2.34. The van der Waals surface area contributed by atoms with Gasteiger partial charge in [0, 0.05) is 25.3 Å². The lowest BCUT2D eigenvalue weighted by molar-refractivity contribution is -0.156. The van der Waals surface area contributed by atoms with Crippen molar-refractivity contribution in [3.8, 4) is 0 Å². The molecular weight excluding hydrogens is 769 g/mol. The summed E-state index contributed by atoms with van der Waals surface area (Å²) in [5, 5.41) is 0. The molecule has 0 aromatic rings. The topological polar surface area (TPSA) is 76.2 Å². The Hall–Kier alpha value is -2.67. The number of esters is 2. The second kappa shape index (κ2) is 46.3. The van der Waals surface area contributed by atoms with Crippen molar-refractivity contribution in [1.82, 2.24) is 9.80 Å². The molecule has 7 nitrogen and oxygen atoms in total. The Labute approximate surface area is 384 Å². The first kappa shape index (κ1) is 59.3. The van der Waals surface area contributed by atoms with E-state index in [-0.39, 0.29) is 37.0 Å². The lowest BCUT2D eigenvalue weighted by Crippen LogP contribution is -2.49. The van der Waals surface area contributed by atoms with Crippen LogP contribution in [0.1, 0.15) is 233 Å². The summed E-state index contributed by atoms with van der Waals surface area (Å²) in [5.41, 5.74) is 0. The smallest absolute Gasteiger partial charge is 0.305 e. The Kier molecular flexibility index (Phi) is 44.3. The number of amides is 1. The summed E-state index contributed by atoms with van der Waals surface area (Å²) >= 11 is 0. The third-order valence-corrected chi connectivity index (χ3v) is 11.8. The van der Waals surface area contributed by atoms with Gasteiger partial charge < -0.3 is 19.3 Å². The number of allylic oxidation sites excluding steroid dienone is 8. The molecule has 0 saturated heterocycles. The van der Waals surface area contributed by atoms with Gasteiger partial charge in [-0.3, -0.25) is 14.4 Å². The molecule has 0 aliphatic heterocycles. The molecule has 7 heteroatoms. The van der Waals surface area contributed by atoms with Crippen molar-refractivity contribution in [3.05, 3.63) is 48.6 Å². The number of carbonyl (C=O) groups excluding carboxylic acids is 3. The van der Waals surface area contributed by atoms with Crippen LogP contribution in [0.5, 0.6) is 0 Å². The van der Waals surface area contributed by atoms with E-state index in [1.54, 1.807) is 0 Å². The Balaban J connectivity index is 5.10. The van der Waals surface area contributed by atoms with E-state index in [9.17, 15) is 14.4 Å². The largest absolute Gasteiger partial charge is 0.463 e.